The third-order valence-electron chi connectivity index (χ3n) is 4.48. The summed E-state index contributed by atoms with van der Waals surface area (Å²) >= 11 is 0. The molecule has 3 rings (SSSR count). The van der Waals surface area contributed by atoms with E-state index in [-0.39, 0.29) is 0 Å². The Balaban J connectivity index is 1.85. The lowest BCUT2D eigenvalue weighted by molar-refractivity contribution is -0.123. The van der Waals surface area contributed by atoms with Crippen molar-refractivity contribution in [3.8, 4) is 0 Å². The van der Waals surface area contributed by atoms with E-state index in [0.717, 1.165) is 24.2 Å². The van der Waals surface area contributed by atoms with Crippen molar-refractivity contribution >= 4 is 5.78 Å². The van der Waals surface area contributed by atoms with Crippen LogP contribution in [-0.4, -0.2) is 5.78 Å². The minimum absolute atomic E-state index is 0.509. The first kappa shape index (κ1) is 8.02. The summed E-state index contributed by atoms with van der Waals surface area (Å²) in [5.74, 6) is 3.58. The van der Waals surface area contributed by atoms with Gasteiger partial charge in [0.1, 0.15) is 5.78 Å². The second kappa shape index (κ2) is 2.18. The molecule has 1 nitrogen and oxygen atoms in total. The first-order valence-electron chi connectivity index (χ1n) is 5.59. The second-order valence-corrected chi connectivity index (χ2v) is 6.17. The van der Waals surface area contributed by atoms with E-state index >= 15 is 0 Å². The molecule has 0 aromatic rings. The molecule has 0 aliphatic heterocycles. The van der Waals surface area contributed by atoms with Crippen molar-refractivity contribution in [2.24, 2.45) is 29.1 Å². The number of hydrogen-bond acceptors (Lipinski definition) is 1. The van der Waals surface area contributed by atoms with Gasteiger partial charge in [0.2, 0.25) is 0 Å². The van der Waals surface area contributed by atoms with Crippen LogP contribution in [0.25, 0.3) is 0 Å². The molecular formula is C12H18O. The van der Waals surface area contributed by atoms with Crippen molar-refractivity contribution in [2.75, 3.05) is 0 Å². The summed E-state index contributed by atoms with van der Waals surface area (Å²) in [6, 6.07) is 0. The molecule has 0 N–H and O–H groups in total. The lowest BCUT2D eigenvalue weighted by Crippen LogP contribution is -2.23. The molecule has 0 aromatic carbocycles. The molecule has 13 heavy (non-hydrogen) atoms. The summed E-state index contributed by atoms with van der Waals surface area (Å²) in [6.07, 6.45) is 4.82. The van der Waals surface area contributed by atoms with Crippen LogP contribution in [0.4, 0.5) is 0 Å². The van der Waals surface area contributed by atoms with Gasteiger partial charge in [-0.25, -0.2) is 0 Å². The Morgan fingerprint density at radius 2 is 2.00 bits per heavy atom. The Morgan fingerprint density at radius 1 is 1.23 bits per heavy atom. The van der Waals surface area contributed by atoms with Crippen LogP contribution in [-0.2, 0) is 4.79 Å². The number of hydrogen-bond donors (Lipinski definition) is 0. The molecule has 0 unspecified atom stereocenters. The second-order valence-electron chi connectivity index (χ2n) is 6.17. The highest BCUT2D eigenvalue weighted by atomic mass is 16.1. The van der Waals surface area contributed by atoms with Crippen molar-refractivity contribution in [3.63, 3.8) is 0 Å². The summed E-state index contributed by atoms with van der Waals surface area (Å²) in [6.45, 7) is 4.74. The standard InChI is InChI=1S/C12H18O/c1-12(2)5-7-3-11(13)9-4-8(9)10(7)6-12/h7-10H,3-6H2,1-2H3/t7-,8+,9-,10-/m0/s1. The zero-order valence-corrected chi connectivity index (χ0v) is 8.55. The zero-order chi connectivity index (χ0) is 9.22. The van der Waals surface area contributed by atoms with Gasteiger partial charge in [-0.15, -0.1) is 0 Å². The lowest BCUT2D eigenvalue weighted by atomic mass is 9.81. The summed E-state index contributed by atoms with van der Waals surface area (Å²) in [4.78, 5) is 11.6. The molecule has 0 aromatic heterocycles. The van der Waals surface area contributed by atoms with Crippen molar-refractivity contribution in [1.29, 1.82) is 0 Å². The Morgan fingerprint density at radius 3 is 2.77 bits per heavy atom. The molecule has 0 bridgehead atoms. The minimum atomic E-state index is 0.509. The first-order chi connectivity index (χ1) is 6.07. The maximum atomic E-state index is 11.6. The molecule has 1 heteroatoms. The van der Waals surface area contributed by atoms with Gasteiger partial charge in [-0.3, -0.25) is 4.79 Å². The van der Waals surface area contributed by atoms with Gasteiger partial charge in [0.05, 0.1) is 0 Å². The highest BCUT2D eigenvalue weighted by Crippen LogP contribution is 2.61. The summed E-state index contributed by atoms with van der Waals surface area (Å²) in [5, 5.41) is 0. The molecule has 72 valence electrons. The Kier molecular flexibility index (Phi) is 1.35. The Hall–Kier alpha value is -0.330. The first-order valence-corrected chi connectivity index (χ1v) is 5.59. The molecule has 0 spiro atoms. The fourth-order valence-corrected chi connectivity index (χ4v) is 3.94. The highest BCUT2D eigenvalue weighted by Gasteiger charge is 2.57. The number of fused-ring (bicyclic) bond motifs is 3. The van der Waals surface area contributed by atoms with Crippen LogP contribution in [0.15, 0.2) is 0 Å². The van der Waals surface area contributed by atoms with E-state index in [1.807, 2.05) is 0 Å². The molecule has 4 atom stereocenters. The third kappa shape index (κ3) is 1.09. The topological polar surface area (TPSA) is 17.1 Å². The largest absolute Gasteiger partial charge is 0.299 e. The fourth-order valence-electron chi connectivity index (χ4n) is 3.94. The molecule has 3 aliphatic carbocycles. The van der Waals surface area contributed by atoms with Crippen LogP contribution < -0.4 is 0 Å². The molecular weight excluding hydrogens is 160 g/mol. The van der Waals surface area contributed by atoms with Gasteiger partial charge >= 0.3 is 0 Å². The maximum absolute atomic E-state index is 11.6. The van der Waals surface area contributed by atoms with Crippen LogP contribution >= 0.6 is 0 Å². The van der Waals surface area contributed by atoms with Crippen LogP contribution in [0.5, 0.6) is 0 Å². The van der Waals surface area contributed by atoms with E-state index in [9.17, 15) is 4.79 Å². The Labute approximate surface area is 79.9 Å². The summed E-state index contributed by atoms with van der Waals surface area (Å²) in [7, 11) is 0. The van der Waals surface area contributed by atoms with Crippen molar-refractivity contribution < 1.29 is 4.79 Å². The van der Waals surface area contributed by atoms with E-state index in [2.05, 4.69) is 13.8 Å². The van der Waals surface area contributed by atoms with E-state index in [4.69, 9.17) is 0 Å². The quantitative estimate of drug-likeness (QED) is 0.557. The van der Waals surface area contributed by atoms with E-state index in [1.165, 1.54) is 19.3 Å². The third-order valence-corrected chi connectivity index (χ3v) is 4.48. The smallest absolute Gasteiger partial charge is 0.136 e. The normalized spacial score (nSPS) is 51.4. The highest BCUT2D eigenvalue weighted by molar-refractivity contribution is 5.85. The van der Waals surface area contributed by atoms with Gasteiger partial charge < -0.3 is 0 Å². The van der Waals surface area contributed by atoms with Crippen LogP contribution in [0.1, 0.15) is 39.5 Å². The number of carbonyl (C=O) groups excluding carboxylic acids is 1. The van der Waals surface area contributed by atoms with Crippen LogP contribution in [0, 0.1) is 29.1 Å². The van der Waals surface area contributed by atoms with Crippen LogP contribution in [0.2, 0.25) is 0 Å². The average molecular weight is 178 g/mol. The molecule has 0 amide bonds. The molecule has 0 radical (unpaired) electrons. The van der Waals surface area contributed by atoms with Crippen molar-refractivity contribution in [3.05, 3.63) is 0 Å². The van der Waals surface area contributed by atoms with Gasteiger partial charge in [0, 0.05) is 12.3 Å². The van der Waals surface area contributed by atoms with Gasteiger partial charge in [-0.2, -0.15) is 0 Å². The number of ketones is 1. The number of Topliss-reactive ketones (excluding diaryl/α,β-unsaturated/α-hetero) is 1. The fraction of sp³-hybridized carbons (Fsp3) is 0.917. The Bertz CT molecular complexity index is 266. The minimum Gasteiger partial charge on any atom is -0.299 e. The SMILES string of the molecule is CC1(C)C[C@@H]2CC(=O)[C@H]3C[C@H]3[C@H]2C1. The predicted octanol–water partition coefficient (Wildman–Crippen LogP) is 2.65. The van der Waals surface area contributed by atoms with Crippen LogP contribution in [0.3, 0.4) is 0 Å². The maximum Gasteiger partial charge on any atom is 0.136 e. The van der Waals surface area contributed by atoms with Gasteiger partial charge in [-0.05, 0) is 42.4 Å². The zero-order valence-electron chi connectivity index (χ0n) is 8.55. The van der Waals surface area contributed by atoms with Gasteiger partial charge in [-0.1, -0.05) is 13.8 Å². The van der Waals surface area contributed by atoms with E-state index in [0.29, 0.717) is 17.1 Å². The number of rotatable bonds is 0. The van der Waals surface area contributed by atoms with E-state index in [1.54, 1.807) is 0 Å². The van der Waals surface area contributed by atoms with E-state index < -0.39 is 0 Å². The molecule has 3 fully saturated rings. The average Bonchev–Trinajstić information content (AvgIpc) is 2.71. The molecule has 3 aliphatic rings. The van der Waals surface area contributed by atoms with Crippen molar-refractivity contribution in [1.82, 2.24) is 0 Å². The van der Waals surface area contributed by atoms with Gasteiger partial charge in [0.25, 0.3) is 0 Å². The molecule has 0 saturated heterocycles. The monoisotopic (exact) mass is 178 g/mol. The predicted molar refractivity (Wildman–Crippen MR) is 51.2 cm³/mol. The summed E-state index contributed by atoms with van der Waals surface area (Å²) in [5.41, 5.74) is 0.521. The van der Waals surface area contributed by atoms with Gasteiger partial charge in [0.15, 0.2) is 0 Å². The van der Waals surface area contributed by atoms with Crippen molar-refractivity contribution in [2.45, 2.75) is 39.5 Å². The number of carbonyl (C=O) groups is 1. The molecule has 3 saturated carbocycles. The molecule has 0 heterocycles. The summed E-state index contributed by atoms with van der Waals surface area (Å²) < 4.78 is 0. The lowest BCUT2D eigenvalue weighted by Gasteiger charge is -2.23.